The van der Waals surface area contributed by atoms with Gasteiger partial charge in [0.05, 0.1) is 13.0 Å². The van der Waals surface area contributed by atoms with Crippen LogP contribution in [0.4, 0.5) is 10.2 Å². The van der Waals surface area contributed by atoms with Gasteiger partial charge in [0.15, 0.2) is 5.72 Å². The lowest BCUT2D eigenvalue weighted by atomic mass is 9.87. The number of carboxylic acid groups (broad SMARTS) is 1. The summed E-state index contributed by atoms with van der Waals surface area (Å²) >= 11 is 0. The quantitative estimate of drug-likeness (QED) is 0.489. The number of halogens is 1. The second kappa shape index (κ2) is 9.45. The molecule has 2 unspecified atom stereocenters. The van der Waals surface area contributed by atoms with E-state index in [-0.39, 0.29) is 12.2 Å². The number of nitrogens with one attached hydrogen (secondary N) is 3. The summed E-state index contributed by atoms with van der Waals surface area (Å²) in [6, 6.07) is 10.2. The van der Waals surface area contributed by atoms with E-state index in [1.165, 1.54) is 17.7 Å². The maximum atomic E-state index is 13.8. The normalized spacial score (nSPS) is 20.5. The Hall–Kier alpha value is -2.97. The summed E-state index contributed by atoms with van der Waals surface area (Å²) in [4.78, 5) is 16.2. The number of hydrogen-bond acceptors (Lipinski definition) is 6. The Morgan fingerprint density at radius 1 is 1.32 bits per heavy atom. The largest absolute Gasteiger partial charge is 0.481 e. The van der Waals surface area contributed by atoms with Gasteiger partial charge in [-0.1, -0.05) is 18.2 Å². The topological polar surface area (TPSA) is 95.5 Å². The first-order valence-electron chi connectivity index (χ1n) is 10.6. The van der Waals surface area contributed by atoms with Gasteiger partial charge in [-0.05, 0) is 54.2 Å². The molecule has 2 aliphatic rings. The van der Waals surface area contributed by atoms with Gasteiger partial charge in [0.2, 0.25) is 0 Å². The van der Waals surface area contributed by atoms with E-state index in [2.05, 4.69) is 22.2 Å². The number of fused-ring (bicyclic) bond motifs is 1. The fourth-order valence-corrected chi connectivity index (χ4v) is 4.13. The molecule has 4 N–H and O–H groups in total. The van der Waals surface area contributed by atoms with Crippen LogP contribution in [-0.4, -0.2) is 34.9 Å². The summed E-state index contributed by atoms with van der Waals surface area (Å²) in [5, 5.41) is 12.7. The zero-order valence-corrected chi connectivity index (χ0v) is 17.2. The van der Waals surface area contributed by atoms with E-state index in [4.69, 9.17) is 9.72 Å². The van der Waals surface area contributed by atoms with Crippen LogP contribution in [0.5, 0.6) is 0 Å². The zero-order chi connectivity index (χ0) is 21.7. The highest BCUT2D eigenvalue weighted by Gasteiger charge is 2.35. The molecule has 8 heteroatoms. The number of carbonyl (C=O) groups is 1. The van der Waals surface area contributed by atoms with Crippen LogP contribution in [0.25, 0.3) is 0 Å². The third-order valence-electron chi connectivity index (χ3n) is 5.68. The van der Waals surface area contributed by atoms with E-state index < -0.39 is 17.6 Å². The van der Waals surface area contributed by atoms with E-state index >= 15 is 0 Å². The van der Waals surface area contributed by atoms with Crippen LogP contribution in [0.15, 0.2) is 48.7 Å². The van der Waals surface area contributed by atoms with Crippen LogP contribution in [0.3, 0.4) is 0 Å². The van der Waals surface area contributed by atoms with E-state index in [9.17, 15) is 14.3 Å². The van der Waals surface area contributed by atoms with E-state index in [1.807, 2.05) is 12.1 Å². The van der Waals surface area contributed by atoms with E-state index in [0.29, 0.717) is 25.0 Å². The summed E-state index contributed by atoms with van der Waals surface area (Å²) in [5.41, 5.74) is 7.93. The fraction of sp³-hybridized carbons (Fsp3) is 0.391. The Morgan fingerprint density at radius 2 is 2.23 bits per heavy atom. The Kier molecular flexibility index (Phi) is 6.48. The molecule has 0 saturated carbocycles. The Balaban J connectivity index is 1.44. The Morgan fingerprint density at radius 3 is 3.00 bits per heavy atom. The maximum Gasteiger partial charge on any atom is 0.303 e. The number of carboxylic acids is 1. The SMILES string of the molecule is O=C(O)CC(CC1(OCCc2ccc3c(n2)NCCC3)C=CNN1)c1cccc(F)c1. The first-order valence-corrected chi connectivity index (χ1v) is 10.6. The first-order chi connectivity index (χ1) is 15.0. The minimum absolute atomic E-state index is 0.123. The summed E-state index contributed by atoms with van der Waals surface area (Å²) < 4.78 is 19.9. The molecular formula is C23H27FN4O3. The molecule has 2 aliphatic heterocycles. The van der Waals surface area contributed by atoms with Gasteiger partial charge in [0, 0.05) is 31.3 Å². The van der Waals surface area contributed by atoms with Crippen molar-refractivity contribution in [1.29, 1.82) is 0 Å². The molecule has 2 atom stereocenters. The number of benzene rings is 1. The first kappa shape index (κ1) is 21.3. The van der Waals surface area contributed by atoms with Crippen LogP contribution in [0, 0.1) is 5.82 Å². The van der Waals surface area contributed by atoms with Gasteiger partial charge in [0.25, 0.3) is 0 Å². The van der Waals surface area contributed by atoms with Crippen LogP contribution in [-0.2, 0) is 22.4 Å². The molecule has 164 valence electrons. The predicted molar refractivity (Wildman–Crippen MR) is 115 cm³/mol. The molecule has 0 bridgehead atoms. The van der Waals surface area contributed by atoms with E-state index in [0.717, 1.165) is 30.9 Å². The molecule has 2 aromatic rings. The van der Waals surface area contributed by atoms with Crippen molar-refractivity contribution in [3.05, 3.63) is 71.3 Å². The predicted octanol–water partition coefficient (Wildman–Crippen LogP) is 3.10. The standard InChI is InChI=1S/C23H27FN4O3/c24-19-5-1-3-17(13-19)18(14-21(29)30)15-23(9-11-26-28-23)31-12-8-20-7-6-16-4-2-10-25-22(16)27-20/h1,3,5-7,9,11,13,18,26,28H,2,4,8,10,12,14-15H2,(H,25,27)(H,29,30). The molecule has 31 heavy (non-hydrogen) atoms. The third kappa shape index (κ3) is 5.39. The number of ether oxygens (including phenoxy) is 1. The van der Waals surface area contributed by atoms with Crippen molar-refractivity contribution >= 4 is 11.8 Å². The van der Waals surface area contributed by atoms with Gasteiger partial charge >= 0.3 is 5.97 Å². The molecule has 0 fully saturated rings. The van der Waals surface area contributed by atoms with Crippen molar-refractivity contribution in [3.8, 4) is 0 Å². The molecule has 0 saturated heterocycles. The molecule has 0 radical (unpaired) electrons. The van der Waals surface area contributed by atoms with Crippen molar-refractivity contribution in [2.24, 2.45) is 0 Å². The minimum atomic E-state index is -0.940. The van der Waals surface area contributed by atoms with Gasteiger partial charge in [-0.15, -0.1) is 0 Å². The van der Waals surface area contributed by atoms with Crippen molar-refractivity contribution in [1.82, 2.24) is 15.8 Å². The number of aliphatic carboxylic acids is 1. The lowest BCUT2D eigenvalue weighted by molar-refractivity contribution is -0.138. The average molecular weight is 426 g/mol. The Bertz CT molecular complexity index is 968. The number of aryl methyl sites for hydroxylation is 1. The highest BCUT2D eigenvalue weighted by molar-refractivity contribution is 5.68. The number of hydrazine groups is 1. The van der Waals surface area contributed by atoms with Crippen LogP contribution >= 0.6 is 0 Å². The number of anilines is 1. The second-order valence-electron chi connectivity index (χ2n) is 7.99. The molecule has 7 nitrogen and oxygen atoms in total. The molecule has 4 rings (SSSR count). The molecule has 1 aromatic heterocycles. The fourth-order valence-electron chi connectivity index (χ4n) is 4.13. The molecule has 0 amide bonds. The van der Waals surface area contributed by atoms with Gasteiger partial charge in [-0.25, -0.2) is 14.8 Å². The molecule has 0 aliphatic carbocycles. The van der Waals surface area contributed by atoms with Crippen LogP contribution in [0.1, 0.15) is 42.0 Å². The van der Waals surface area contributed by atoms with Crippen LogP contribution < -0.4 is 16.2 Å². The van der Waals surface area contributed by atoms with Gasteiger partial charge < -0.3 is 20.6 Å². The van der Waals surface area contributed by atoms with Gasteiger partial charge in [-0.3, -0.25) is 4.79 Å². The van der Waals surface area contributed by atoms with Crippen LogP contribution in [0.2, 0.25) is 0 Å². The number of hydrogen-bond donors (Lipinski definition) is 4. The number of nitrogens with zero attached hydrogens (tertiary/aromatic N) is 1. The van der Waals surface area contributed by atoms with E-state index in [1.54, 1.807) is 18.3 Å². The Labute approximate surface area is 180 Å². The lowest BCUT2D eigenvalue weighted by Crippen LogP contribution is -2.48. The van der Waals surface area contributed by atoms with Gasteiger partial charge in [0.1, 0.15) is 11.6 Å². The summed E-state index contributed by atoms with van der Waals surface area (Å²) in [5.74, 6) is -0.795. The molecule has 1 aromatic carbocycles. The van der Waals surface area contributed by atoms with Crippen molar-refractivity contribution in [2.75, 3.05) is 18.5 Å². The van der Waals surface area contributed by atoms with Crippen molar-refractivity contribution in [3.63, 3.8) is 0 Å². The van der Waals surface area contributed by atoms with Crippen molar-refractivity contribution < 1.29 is 19.0 Å². The summed E-state index contributed by atoms with van der Waals surface area (Å²) in [6.45, 7) is 1.34. The maximum absolute atomic E-state index is 13.8. The summed E-state index contributed by atoms with van der Waals surface area (Å²) in [7, 11) is 0. The third-order valence-corrected chi connectivity index (χ3v) is 5.68. The van der Waals surface area contributed by atoms with Crippen molar-refractivity contribution in [2.45, 2.75) is 43.7 Å². The average Bonchev–Trinajstić information content (AvgIpc) is 3.21. The van der Waals surface area contributed by atoms with Gasteiger partial charge in [-0.2, -0.15) is 0 Å². The molecule has 3 heterocycles. The second-order valence-corrected chi connectivity index (χ2v) is 7.99. The number of aromatic nitrogens is 1. The summed E-state index contributed by atoms with van der Waals surface area (Å²) in [6.07, 6.45) is 6.56. The lowest BCUT2D eigenvalue weighted by Gasteiger charge is -2.31. The number of rotatable bonds is 9. The highest BCUT2D eigenvalue weighted by Crippen LogP contribution is 2.32. The smallest absolute Gasteiger partial charge is 0.303 e. The highest BCUT2D eigenvalue weighted by atomic mass is 19.1. The monoisotopic (exact) mass is 426 g/mol. The minimum Gasteiger partial charge on any atom is -0.481 e. The number of pyridine rings is 1. The molecular weight excluding hydrogens is 399 g/mol. The molecule has 0 spiro atoms. The zero-order valence-electron chi connectivity index (χ0n) is 17.2.